The molecule has 112 valence electrons. The second-order valence-electron chi connectivity index (χ2n) is 6.12. The van der Waals surface area contributed by atoms with E-state index in [9.17, 15) is 8.42 Å². The van der Waals surface area contributed by atoms with E-state index in [2.05, 4.69) is 6.92 Å². The van der Waals surface area contributed by atoms with Crippen LogP contribution in [0.15, 0.2) is 0 Å². The molecule has 2 fully saturated rings. The maximum atomic E-state index is 12.7. The van der Waals surface area contributed by atoms with Crippen molar-refractivity contribution in [3.8, 4) is 0 Å². The van der Waals surface area contributed by atoms with Crippen molar-refractivity contribution in [3.63, 3.8) is 0 Å². The lowest BCUT2D eigenvalue weighted by Gasteiger charge is -2.34. The van der Waals surface area contributed by atoms with Gasteiger partial charge in [0.2, 0.25) is 0 Å². The van der Waals surface area contributed by atoms with Crippen molar-refractivity contribution >= 4 is 10.2 Å². The molecule has 0 atom stereocenters. The molecule has 0 N–H and O–H groups in total. The number of rotatable bonds is 7. The van der Waals surface area contributed by atoms with Gasteiger partial charge in [0.1, 0.15) is 0 Å². The van der Waals surface area contributed by atoms with Crippen LogP contribution in [-0.4, -0.2) is 43.2 Å². The molecule has 0 radical (unpaired) electrons. The van der Waals surface area contributed by atoms with Crippen LogP contribution in [0.3, 0.4) is 0 Å². The van der Waals surface area contributed by atoms with E-state index >= 15 is 0 Å². The molecule has 0 saturated heterocycles. The highest BCUT2D eigenvalue weighted by Crippen LogP contribution is 2.32. The van der Waals surface area contributed by atoms with Crippen LogP contribution >= 0.6 is 0 Å². The molecule has 2 saturated carbocycles. The van der Waals surface area contributed by atoms with Crippen molar-refractivity contribution in [2.24, 2.45) is 5.92 Å². The maximum Gasteiger partial charge on any atom is 0.281 e. The summed E-state index contributed by atoms with van der Waals surface area (Å²) in [5.41, 5.74) is 0. The van der Waals surface area contributed by atoms with Crippen LogP contribution in [0.5, 0.6) is 0 Å². The molecule has 0 heterocycles. The lowest BCUT2D eigenvalue weighted by molar-refractivity contribution is 0.260. The SMILES string of the molecule is CCCN(CC1CC1)S(=O)(=O)N(C)C1CCCCC1. The van der Waals surface area contributed by atoms with Crippen LogP contribution in [0.25, 0.3) is 0 Å². The normalized spacial score (nSPS) is 22.3. The van der Waals surface area contributed by atoms with E-state index in [1.807, 2.05) is 0 Å². The van der Waals surface area contributed by atoms with Gasteiger partial charge in [0, 0.05) is 26.2 Å². The van der Waals surface area contributed by atoms with E-state index in [-0.39, 0.29) is 6.04 Å². The molecule has 5 heteroatoms. The van der Waals surface area contributed by atoms with Gasteiger partial charge in [-0.25, -0.2) is 0 Å². The summed E-state index contributed by atoms with van der Waals surface area (Å²) in [5, 5.41) is 0. The first-order valence-electron chi connectivity index (χ1n) is 7.78. The van der Waals surface area contributed by atoms with Gasteiger partial charge in [-0.2, -0.15) is 17.0 Å². The minimum Gasteiger partial charge on any atom is -0.195 e. The minimum absolute atomic E-state index is 0.220. The van der Waals surface area contributed by atoms with Gasteiger partial charge in [-0.1, -0.05) is 26.2 Å². The molecule has 2 rings (SSSR count). The topological polar surface area (TPSA) is 40.6 Å². The molecule has 2 aliphatic carbocycles. The predicted molar refractivity (Wildman–Crippen MR) is 78.1 cm³/mol. The molecule has 4 nitrogen and oxygen atoms in total. The molecule has 0 amide bonds. The van der Waals surface area contributed by atoms with Crippen molar-refractivity contribution in [1.29, 1.82) is 0 Å². The van der Waals surface area contributed by atoms with Crippen LogP contribution in [-0.2, 0) is 10.2 Å². The summed E-state index contributed by atoms with van der Waals surface area (Å²) in [7, 11) is -1.47. The van der Waals surface area contributed by atoms with Gasteiger partial charge in [0.25, 0.3) is 10.2 Å². The van der Waals surface area contributed by atoms with Crippen molar-refractivity contribution < 1.29 is 8.42 Å². The Bertz CT molecular complexity index is 373. The van der Waals surface area contributed by atoms with E-state index in [1.54, 1.807) is 15.7 Å². The second-order valence-corrected chi connectivity index (χ2v) is 8.11. The number of hydrogen-bond donors (Lipinski definition) is 0. The summed E-state index contributed by atoms with van der Waals surface area (Å²) in [6, 6.07) is 0.220. The first-order valence-corrected chi connectivity index (χ1v) is 9.18. The highest BCUT2D eigenvalue weighted by molar-refractivity contribution is 7.86. The Balaban J connectivity index is 2.03. The summed E-state index contributed by atoms with van der Waals surface area (Å²) in [6.45, 7) is 3.44. The Morgan fingerprint density at radius 3 is 2.21 bits per heavy atom. The zero-order valence-corrected chi connectivity index (χ0v) is 13.2. The van der Waals surface area contributed by atoms with Crippen LogP contribution in [0, 0.1) is 5.92 Å². The lowest BCUT2D eigenvalue weighted by Crippen LogP contribution is -2.48. The Morgan fingerprint density at radius 2 is 1.68 bits per heavy atom. The van der Waals surface area contributed by atoms with Crippen LogP contribution in [0.4, 0.5) is 0 Å². The highest BCUT2D eigenvalue weighted by atomic mass is 32.2. The Hall–Kier alpha value is -0.130. The van der Waals surface area contributed by atoms with Crippen molar-refractivity contribution in [2.45, 2.75) is 64.3 Å². The van der Waals surface area contributed by atoms with Gasteiger partial charge in [-0.05, 0) is 38.0 Å². The summed E-state index contributed by atoms with van der Waals surface area (Å²) >= 11 is 0. The van der Waals surface area contributed by atoms with Gasteiger partial charge in [0.05, 0.1) is 0 Å². The van der Waals surface area contributed by atoms with Crippen LogP contribution < -0.4 is 0 Å². The van der Waals surface area contributed by atoms with E-state index in [0.717, 1.165) is 25.8 Å². The first-order chi connectivity index (χ1) is 9.05. The lowest BCUT2D eigenvalue weighted by atomic mass is 9.96. The van der Waals surface area contributed by atoms with Crippen molar-refractivity contribution in [3.05, 3.63) is 0 Å². The van der Waals surface area contributed by atoms with Gasteiger partial charge < -0.3 is 0 Å². The predicted octanol–water partition coefficient (Wildman–Crippen LogP) is 2.62. The van der Waals surface area contributed by atoms with E-state index < -0.39 is 10.2 Å². The van der Waals surface area contributed by atoms with E-state index in [1.165, 1.54) is 32.1 Å². The third kappa shape index (κ3) is 3.92. The number of hydrogen-bond acceptors (Lipinski definition) is 2. The smallest absolute Gasteiger partial charge is 0.195 e. The Kier molecular flexibility index (Phi) is 5.26. The highest BCUT2D eigenvalue weighted by Gasteiger charge is 2.35. The average Bonchev–Trinajstić information content (AvgIpc) is 3.22. The molecule has 0 bridgehead atoms. The third-order valence-corrected chi connectivity index (χ3v) is 6.42. The second kappa shape index (κ2) is 6.55. The molecular weight excluding hydrogens is 260 g/mol. The Morgan fingerprint density at radius 1 is 1.05 bits per heavy atom. The monoisotopic (exact) mass is 288 g/mol. The molecule has 0 aliphatic heterocycles. The summed E-state index contributed by atoms with van der Waals surface area (Å²) in [5.74, 6) is 0.612. The van der Waals surface area contributed by atoms with Crippen molar-refractivity contribution in [2.75, 3.05) is 20.1 Å². The standard InChI is InChI=1S/C14H28N2O2S/c1-3-11-16(12-13-9-10-13)19(17,18)15(2)14-7-5-4-6-8-14/h13-14H,3-12H2,1-2H3. The largest absolute Gasteiger partial charge is 0.281 e. The van der Waals surface area contributed by atoms with Gasteiger partial charge in [0.15, 0.2) is 0 Å². The van der Waals surface area contributed by atoms with Crippen LogP contribution in [0.1, 0.15) is 58.3 Å². The molecule has 0 spiro atoms. The molecule has 0 aromatic rings. The quantitative estimate of drug-likeness (QED) is 0.722. The van der Waals surface area contributed by atoms with Gasteiger partial charge in [-0.15, -0.1) is 0 Å². The zero-order valence-electron chi connectivity index (χ0n) is 12.3. The van der Waals surface area contributed by atoms with Crippen molar-refractivity contribution in [1.82, 2.24) is 8.61 Å². The fraction of sp³-hybridized carbons (Fsp3) is 1.00. The summed E-state index contributed by atoms with van der Waals surface area (Å²) < 4.78 is 28.8. The fourth-order valence-electron chi connectivity index (χ4n) is 2.95. The summed E-state index contributed by atoms with van der Waals surface area (Å²) in [4.78, 5) is 0. The number of nitrogens with zero attached hydrogens (tertiary/aromatic N) is 2. The fourth-order valence-corrected chi connectivity index (χ4v) is 4.72. The first kappa shape index (κ1) is 15.3. The van der Waals surface area contributed by atoms with Gasteiger partial charge in [-0.3, -0.25) is 0 Å². The van der Waals surface area contributed by atoms with Gasteiger partial charge >= 0.3 is 0 Å². The molecular formula is C14H28N2O2S. The Labute approximate surface area is 118 Å². The molecule has 19 heavy (non-hydrogen) atoms. The molecule has 0 aromatic carbocycles. The maximum absolute atomic E-state index is 12.7. The minimum atomic E-state index is -3.25. The summed E-state index contributed by atoms with van der Waals surface area (Å²) in [6.07, 6.45) is 8.93. The molecule has 2 aliphatic rings. The zero-order chi connectivity index (χ0) is 13.9. The average molecular weight is 288 g/mol. The molecule has 0 unspecified atom stereocenters. The third-order valence-electron chi connectivity index (χ3n) is 4.41. The van der Waals surface area contributed by atoms with E-state index in [0.29, 0.717) is 12.5 Å². The van der Waals surface area contributed by atoms with E-state index in [4.69, 9.17) is 0 Å². The molecule has 0 aromatic heterocycles. The van der Waals surface area contributed by atoms with Crippen LogP contribution in [0.2, 0.25) is 0 Å².